The molecule has 28 heavy (non-hydrogen) atoms. The fourth-order valence-corrected chi connectivity index (χ4v) is 4.26. The van der Waals surface area contributed by atoms with Crippen molar-refractivity contribution in [2.45, 2.75) is 39.3 Å². The van der Waals surface area contributed by atoms with E-state index in [1.54, 1.807) is 7.11 Å². The molecule has 2 aliphatic rings. The molecule has 158 valence electrons. The average molecular weight is 503 g/mol. The second-order valence-electron chi connectivity index (χ2n) is 7.93. The molecule has 1 N–H and O–H groups in total. The van der Waals surface area contributed by atoms with Crippen LogP contribution in [0.25, 0.3) is 0 Å². The van der Waals surface area contributed by atoms with Crippen molar-refractivity contribution < 1.29 is 14.2 Å². The predicted octanol–water partition coefficient (Wildman–Crippen LogP) is 3.40. The third-order valence-electron chi connectivity index (χ3n) is 5.81. The molecule has 2 fully saturated rings. The van der Waals surface area contributed by atoms with Gasteiger partial charge in [-0.2, -0.15) is 0 Å². The van der Waals surface area contributed by atoms with Crippen LogP contribution in [0.1, 0.15) is 27.2 Å². The number of hydrogen-bond acceptors (Lipinski definition) is 4. The number of methoxy groups -OCH3 is 1. The van der Waals surface area contributed by atoms with E-state index >= 15 is 0 Å². The Kier molecular flexibility index (Phi) is 8.24. The minimum atomic E-state index is 0. The van der Waals surface area contributed by atoms with E-state index in [4.69, 9.17) is 19.2 Å². The minimum Gasteiger partial charge on any atom is -0.497 e. The lowest BCUT2D eigenvalue weighted by Crippen LogP contribution is -2.68. The predicted molar refractivity (Wildman–Crippen MR) is 123 cm³/mol. The second kappa shape index (κ2) is 10.0. The van der Waals surface area contributed by atoms with E-state index in [0.29, 0.717) is 24.7 Å². The highest BCUT2D eigenvalue weighted by molar-refractivity contribution is 14.0. The third kappa shape index (κ3) is 4.84. The lowest BCUT2D eigenvalue weighted by Gasteiger charge is -2.55. The molecule has 1 aromatic rings. The van der Waals surface area contributed by atoms with Gasteiger partial charge in [-0.3, -0.25) is 4.99 Å². The Morgan fingerprint density at radius 3 is 2.61 bits per heavy atom. The normalized spacial score (nSPS) is 25.2. The molecule has 3 rings (SSSR count). The lowest BCUT2D eigenvalue weighted by atomic mass is 9.57. The maximum Gasteiger partial charge on any atom is 0.194 e. The van der Waals surface area contributed by atoms with Gasteiger partial charge >= 0.3 is 0 Å². The zero-order valence-corrected chi connectivity index (χ0v) is 19.9. The number of ether oxygens (including phenoxy) is 3. The first-order valence-corrected chi connectivity index (χ1v) is 9.88. The van der Waals surface area contributed by atoms with Crippen molar-refractivity contribution in [2.75, 3.05) is 40.5 Å². The first-order chi connectivity index (χ1) is 13.0. The summed E-state index contributed by atoms with van der Waals surface area (Å²) in [7, 11) is 3.73. The van der Waals surface area contributed by atoms with Crippen molar-refractivity contribution in [3.05, 3.63) is 24.3 Å². The van der Waals surface area contributed by atoms with Gasteiger partial charge in [0.2, 0.25) is 0 Å². The summed E-state index contributed by atoms with van der Waals surface area (Å²) in [4.78, 5) is 6.84. The molecule has 0 radical (unpaired) electrons. The summed E-state index contributed by atoms with van der Waals surface area (Å²) in [6.45, 7) is 9.62. The number of aliphatic imine (C=N–C) groups is 1. The Bertz CT molecular complexity index is 651. The maximum absolute atomic E-state index is 5.91. The Labute approximate surface area is 186 Å². The van der Waals surface area contributed by atoms with Crippen LogP contribution in [0.15, 0.2) is 29.3 Å². The summed E-state index contributed by atoms with van der Waals surface area (Å²) in [6, 6.07) is 8.07. The maximum atomic E-state index is 5.91. The zero-order chi connectivity index (χ0) is 19.4. The van der Waals surface area contributed by atoms with Gasteiger partial charge in [0.1, 0.15) is 18.1 Å². The van der Waals surface area contributed by atoms with Crippen molar-refractivity contribution >= 4 is 29.9 Å². The largest absolute Gasteiger partial charge is 0.497 e. The van der Waals surface area contributed by atoms with E-state index in [1.807, 2.05) is 24.3 Å². The summed E-state index contributed by atoms with van der Waals surface area (Å²) in [6.07, 6.45) is 1.51. The van der Waals surface area contributed by atoms with Crippen LogP contribution in [0, 0.1) is 11.3 Å². The molecule has 1 aliphatic heterocycles. The standard InChI is InChI=1S/C21H33N3O3.HI/c1-6-22-20(23-18-17-11-13-27-19(17)21(18,2)3)24(4)12-14-26-16-9-7-15(25-5)8-10-16;/h7-10,17-19H,6,11-14H2,1-5H3,(H,22,23);1H. The molecule has 1 aliphatic carbocycles. The molecule has 7 heteroatoms. The van der Waals surface area contributed by atoms with E-state index in [0.717, 1.165) is 43.6 Å². The monoisotopic (exact) mass is 503 g/mol. The summed E-state index contributed by atoms with van der Waals surface area (Å²) in [5.41, 5.74) is 0.135. The summed E-state index contributed by atoms with van der Waals surface area (Å²) in [5, 5.41) is 3.70. The van der Waals surface area contributed by atoms with Gasteiger partial charge in [0, 0.05) is 37.6 Å². The molecule has 0 spiro atoms. The SMILES string of the molecule is CCN=C(NC1C2CCOC2C1(C)C)N(C)CCOc1ccc(OC)cc1.I. The van der Waals surface area contributed by atoms with Gasteiger partial charge in [-0.05, 0) is 37.6 Å². The van der Waals surface area contributed by atoms with Crippen molar-refractivity contribution in [3.8, 4) is 11.5 Å². The molecular formula is C21H34IN3O3. The van der Waals surface area contributed by atoms with Crippen LogP contribution >= 0.6 is 24.0 Å². The average Bonchev–Trinajstić information content (AvgIpc) is 3.12. The van der Waals surface area contributed by atoms with Crippen molar-refractivity contribution in [1.82, 2.24) is 10.2 Å². The molecule has 1 saturated carbocycles. The Balaban J connectivity index is 0.00000280. The van der Waals surface area contributed by atoms with Gasteiger partial charge in [-0.1, -0.05) is 13.8 Å². The van der Waals surface area contributed by atoms with Gasteiger partial charge in [-0.25, -0.2) is 0 Å². The Hall–Kier alpha value is -1.22. The highest BCUT2D eigenvalue weighted by Crippen LogP contribution is 2.52. The molecule has 0 bridgehead atoms. The van der Waals surface area contributed by atoms with Crippen molar-refractivity contribution in [2.24, 2.45) is 16.3 Å². The minimum absolute atomic E-state index is 0. The molecule has 1 saturated heterocycles. The van der Waals surface area contributed by atoms with Crippen LogP contribution in [0.5, 0.6) is 11.5 Å². The number of guanidine groups is 1. The van der Waals surface area contributed by atoms with Crippen LogP contribution in [-0.4, -0.2) is 63.5 Å². The first kappa shape index (κ1) is 23.1. The lowest BCUT2D eigenvalue weighted by molar-refractivity contribution is -0.107. The Morgan fingerprint density at radius 1 is 1.29 bits per heavy atom. The van der Waals surface area contributed by atoms with Crippen LogP contribution in [0.2, 0.25) is 0 Å². The topological polar surface area (TPSA) is 55.3 Å². The molecule has 6 nitrogen and oxygen atoms in total. The van der Waals surface area contributed by atoms with Gasteiger partial charge in [0.25, 0.3) is 0 Å². The molecule has 0 amide bonds. The highest BCUT2D eigenvalue weighted by Gasteiger charge is 2.59. The van der Waals surface area contributed by atoms with E-state index < -0.39 is 0 Å². The smallest absolute Gasteiger partial charge is 0.194 e. The Morgan fingerprint density at radius 2 is 1.96 bits per heavy atom. The van der Waals surface area contributed by atoms with Crippen LogP contribution in [0.3, 0.4) is 0 Å². The fraction of sp³-hybridized carbons (Fsp3) is 0.667. The molecular weight excluding hydrogens is 469 g/mol. The highest BCUT2D eigenvalue weighted by atomic mass is 127. The van der Waals surface area contributed by atoms with Gasteiger partial charge in [0.05, 0.1) is 19.8 Å². The fourth-order valence-electron chi connectivity index (χ4n) is 4.26. The zero-order valence-electron chi connectivity index (χ0n) is 17.6. The van der Waals surface area contributed by atoms with E-state index in [9.17, 15) is 0 Å². The number of hydrogen-bond donors (Lipinski definition) is 1. The molecule has 3 atom stereocenters. The van der Waals surface area contributed by atoms with Crippen LogP contribution in [0.4, 0.5) is 0 Å². The number of nitrogens with zero attached hydrogens (tertiary/aromatic N) is 2. The van der Waals surface area contributed by atoms with E-state index in [1.165, 1.54) is 0 Å². The van der Waals surface area contributed by atoms with Gasteiger partial charge in [0.15, 0.2) is 5.96 Å². The molecule has 0 aromatic heterocycles. The van der Waals surface area contributed by atoms with E-state index in [2.05, 4.69) is 38.0 Å². The molecule has 1 heterocycles. The number of fused-ring (bicyclic) bond motifs is 1. The molecule has 1 aromatic carbocycles. The van der Waals surface area contributed by atoms with E-state index in [-0.39, 0.29) is 29.4 Å². The summed E-state index contributed by atoms with van der Waals surface area (Å²) >= 11 is 0. The van der Waals surface area contributed by atoms with Crippen LogP contribution in [-0.2, 0) is 4.74 Å². The number of benzene rings is 1. The van der Waals surface area contributed by atoms with Crippen molar-refractivity contribution in [3.63, 3.8) is 0 Å². The number of likely N-dealkylation sites (N-methyl/N-ethyl adjacent to an activating group) is 1. The number of nitrogens with one attached hydrogen (secondary N) is 1. The number of rotatable bonds is 7. The third-order valence-corrected chi connectivity index (χ3v) is 5.81. The van der Waals surface area contributed by atoms with Gasteiger partial charge < -0.3 is 24.4 Å². The van der Waals surface area contributed by atoms with Crippen molar-refractivity contribution in [1.29, 1.82) is 0 Å². The summed E-state index contributed by atoms with van der Waals surface area (Å²) in [5.74, 6) is 3.21. The second-order valence-corrected chi connectivity index (χ2v) is 7.93. The van der Waals surface area contributed by atoms with Gasteiger partial charge in [-0.15, -0.1) is 24.0 Å². The summed E-state index contributed by atoms with van der Waals surface area (Å²) < 4.78 is 16.9. The number of halogens is 1. The first-order valence-electron chi connectivity index (χ1n) is 9.88. The quantitative estimate of drug-likeness (QED) is 0.351. The molecule has 3 unspecified atom stereocenters. The van der Waals surface area contributed by atoms with Crippen LogP contribution < -0.4 is 14.8 Å².